The fourth-order valence-electron chi connectivity index (χ4n) is 8.08. The zero-order chi connectivity index (χ0) is 37.2. The molecule has 9 rings (SSSR count). The Kier molecular flexibility index (Phi) is 9.13. The molecule has 0 fully saturated rings. The van der Waals surface area contributed by atoms with Gasteiger partial charge in [0.15, 0.2) is 5.65 Å². The summed E-state index contributed by atoms with van der Waals surface area (Å²) in [5.41, 5.74) is 8.23. The smallest absolute Gasteiger partial charge is 0.182 e. The fraction of sp³-hybridized carbons (Fsp3) is 0.174. The largest absolute Gasteiger partial charge is 0.457 e. The zero-order valence-electron chi connectivity index (χ0n) is 31.0. The van der Waals surface area contributed by atoms with E-state index in [1.165, 1.54) is 5.56 Å². The Morgan fingerprint density at radius 3 is 1.91 bits per heavy atom. The summed E-state index contributed by atoms with van der Waals surface area (Å²) in [6, 6.07) is 50.4. The topological polar surface area (TPSA) is 85.9 Å². The zero-order valence-corrected chi connectivity index (χ0v) is 31.0. The number of pyridine rings is 1. The average molecular weight is 723 g/mol. The van der Waals surface area contributed by atoms with Gasteiger partial charge in [-0.3, -0.25) is 4.68 Å². The highest BCUT2D eigenvalue weighted by atomic mass is 16.5. The molecule has 6 bridgehead atoms. The number of benzene rings is 5. The first-order chi connectivity index (χ1) is 27.1. The molecule has 9 nitrogen and oxygen atoms in total. The van der Waals surface area contributed by atoms with Gasteiger partial charge in [0.2, 0.25) is 0 Å². The van der Waals surface area contributed by atoms with Crippen LogP contribution >= 0.6 is 0 Å². The molecule has 0 spiro atoms. The Hall–Kier alpha value is -6.58. The van der Waals surface area contributed by atoms with E-state index in [4.69, 9.17) is 25.1 Å². The van der Waals surface area contributed by atoms with Crippen LogP contribution in [0.4, 0.5) is 5.82 Å². The van der Waals surface area contributed by atoms with Crippen molar-refractivity contribution in [3.05, 3.63) is 197 Å². The maximum atomic E-state index is 6.30. The van der Waals surface area contributed by atoms with Gasteiger partial charge in [0.05, 0.1) is 12.7 Å². The lowest BCUT2D eigenvalue weighted by atomic mass is 9.77. The molecule has 0 saturated heterocycles. The number of fused-ring (bicyclic) bond motifs is 7. The van der Waals surface area contributed by atoms with E-state index in [0.717, 1.165) is 75.7 Å². The van der Waals surface area contributed by atoms with E-state index in [0.29, 0.717) is 12.2 Å². The van der Waals surface area contributed by atoms with Crippen LogP contribution in [0.25, 0.3) is 11.2 Å². The molecule has 0 amide bonds. The second-order valence-electron chi connectivity index (χ2n) is 14.3. The number of anilines is 1. The summed E-state index contributed by atoms with van der Waals surface area (Å²) in [6.07, 6.45) is 5.00. The second kappa shape index (κ2) is 14.7. The quantitative estimate of drug-likeness (QED) is 0.172. The summed E-state index contributed by atoms with van der Waals surface area (Å²) in [4.78, 5) is 7.61. The number of ether oxygens (including phenoxy) is 1. The van der Waals surface area contributed by atoms with E-state index in [9.17, 15) is 0 Å². The van der Waals surface area contributed by atoms with Crippen LogP contribution in [0.2, 0.25) is 0 Å². The minimum absolute atomic E-state index is 0.0487. The normalized spacial score (nSPS) is 15.1. The van der Waals surface area contributed by atoms with Gasteiger partial charge in [-0.2, -0.15) is 5.10 Å². The molecule has 4 heterocycles. The molecule has 1 unspecified atom stereocenters. The summed E-state index contributed by atoms with van der Waals surface area (Å²) < 4.78 is 10.3. The highest BCUT2D eigenvalue weighted by Crippen LogP contribution is 2.43. The number of nitrogens with zero attached hydrogens (tertiary/aromatic N) is 7. The number of hydrogen-bond donors (Lipinski definition) is 1. The highest BCUT2D eigenvalue weighted by molar-refractivity contribution is 5.79. The van der Waals surface area contributed by atoms with Gasteiger partial charge in [0.1, 0.15) is 28.4 Å². The molecule has 5 aromatic carbocycles. The van der Waals surface area contributed by atoms with Crippen LogP contribution in [0.3, 0.4) is 0 Å². The van der Waals surface area contributed by atoms with E-state index >= 15 is 0 Å². The van der Waals surface area contributed by atoms with Crippen molar-refractivity contribution in [2.45, 2.75) is 31.0 Å². The van der Waals surface area contributed by atoms with Crippen molar-refractivity contribution in [1.29, 1.82) is 0 Å². The average Bonchev–Trinajstić information content (AvgIpc) is 3.87. The number of aromatic nitrogens is 6. The van der Waals surface area contributed by atoms with Gasteiger partial charge in [-0.1, -0.05) is 120 Å². The summed E-state index contributed by atoms with van der Waals surface area (Å²) in [5, 5.41) is 18.4. The predicted octanol–water partition coefficient (Wildman–Crippen LogP) is 8.71. The maximum absolute atomic E-state index is 6.30. The van der Waals surface area contributed by atoms with Crippen LogP contribution in [-0.4, -0.2) is 55.3 Å². The van der Waals surface area contributed by atoms with Crippen LogP contribution in [0.15, 0.2) is 158 Å². The van der Waals surface area contributed by atoms with Gasteiger partial charge in [-0.05, 0) is 89.3 Å². The second-order valence-corrected chi connectivity index (χ2v) is 14.3. The molecule has 0 aliphatic carbocycles. The Morgan fingerprint density at radius 2 is 1.31 bits per heavy atom. The molecule has 9 heteroatoms. The van der Waals surface area contributed by atoms with Crippen molar-refractivity contribution in [1.82, 2.24) is 34.7 Å². The molecule has 3 aromatic heterocycles. The number of nitrogens with one attached hydrogen (secondary N) is 1. The van der Waals surface area contributed by atoms with Crippen LogP contribution in [0, 0.1) is 0 Å². The third-order valence-electron chi connectivity index (χ3n) is 10.6. The van der Waals surface area contributed by atoms with Gasteiger partial charge in [-0.25, -0.2) is 9.67 Å². The SMILES string of the molecule is CNc1cc(C2CCN(C)Cc3cccc(c3)Oc3cccc(c3)Cn3cc2cn3)c2nnn(C(c3ccccc3)(c3ccccc3)c3ccccc3)c2n1. The van der Waals surface area contributed by atoms with Crippen molar-refractivity contribution >= 4 is 17.0 Å². The van der Waals surface area contributed by atoms with Crippen LogP contribution < -0.4 is 10.1 Å². The monoisotopic (exact) mass is 722 g/mol. The summed E-state index contributed by atoms with van der Waals surface area (Å²) in [7, 11) is 4.09. The van der Waals surface area contributed by atoms with Gasteiger partial charge in [0.25, 0.3) is 0 Å². The Balaban J connectivity index is 1.23. The first-order valence-corrected chi connectivity index (χ1v) is 18.8. The summed E-state index contributed by atoms with van der Waals surface area (Å²) in [6.45, 7) is 2.22. The first-order valence-electron chi connectivity index (χ1n) is 18.8. The number of rotatable bonds is 6. The molecule has 1 aliphatic heterocycles. The molecular formula is C46H42N8O. The standard InChI is InChI=1S/C46H42N8O/c1-47-43-28-42(41-24-25-52(2)30-33-14-12-22-39(26-33)55-40-23-13-15-34(27-40)31-53-32-35(41)29-48-53)44-45(49-43)54(51-50-44)46(36-16-6-3-7-17-36,37-18-8-4-9-19-37)38-20-10-5-11-21-38/h3-23,26-29,32,41H,24-25,30-31H2,1-2H3,(H,47,49). The van der Waals surface area contributed by atoms with E-state index in [1.807, 2.05) is 59.0 Å². The summed E-state index contributed by atoms with van der Waals surface area (Å²) in [5.74, 6) is 2.33. The van der Waals surface area contributed by atoms with Gasteiger partial charge in [-0.15, -0.1) is 5.10 Å². The van der Waals surface area contributed by atoms with Crippen molar-refractivity contribution < 1.29 is 4.74 Å². The van der Waals surface area contributed by atoms with Crippen LogP contribution in [-0.2, 0) is 18.6 Å². The molecular weight excluding hydrogens is 681 g/mol. The molecule has 0 saturated carbocycles. The van der Waals surface area contributed by atoms with Crippen LogP contribution in [0.1, 0.15) is 51.3 Å². The van der Waals surface area contributed by atoms with Crippen LogP contribution in [0.5, 0.6) is 11.5 Å². The Labute approximate surface area is 320 Å². The third-order valence-corrected chi connectivity index (χ3v) is 10.6. The molecule has 0 radical (unpaired) electrons. The maximum Gasteiger partial charge on any atom is 0.182 e. The van der Waals surface area contributed by atoms with E-state index in [1.54, 1.807) is 0 Å². The minimum atomic E-state index is -0.868. The van der Waals surface area contributed by atoms with Crippen molar-refractivity contribution in [2.24, 2.45) is 0 Å². The van der Waals surface area contributed by atoms with E-state index < -0.39 is 5.54 Å². The predicted molar refractivity (Wildman–Crippen MR) is 217 cm³/mol. The highest BCUT2D eigenvalue weighted by Gasteiger charge is 2.42. The van der Waals surface area contributed by atoms with Crippen molar-refractivity contribution in [2.75, 3.05) is 26.0 Å². The van der Waals surface area contributed by atoms with Gasteiger partial charge >= 0.3 is 0 Å². The Bertz CT molecular complexity index is 2450. The lowest BCUT2D eigenvalue weighted by molar-refractivity contribution is 0.316. The van der Waals surface area contributed by atoms with Crippen molar-refractivity contribution in [3.63, 3.8) is 0 Å². The Morgan fingerprint density at radius 1 is 0.709 bits per heavy atom. The van der Waals surface area contributed by atoms with E-state index in [2.05, 4.69) is 133 Å². The number of hydrogen-bond acceptors (Lipinski definition) is 7. The van der Waals surface area contributed by atoms with Gasteiger partial charge in [0, 0.05) is 25.7 Å². The lowest BCUT2D eigenvalue weighted by Crippen LogP contribution is -2.39. The fourth-order valence-corrected chi connectivity index (χ4v) is 8.08. The molecule has 1 aliphatic rings. The molecule has 1 N–H and O–H groups in total. The van der Waals surface area contributed by atoms with E-state index in [-0.39, 0.29) is 5.92 Å². The molecule has 8 aromatic rings. The molecule has 55 heavy (non-hydrogen) atoms. The minimum Gasteiger partial charge on any atom is -0.457 e. The lowest BCUT2D eigenvalue weighted by Gasteiger charge is -2.36. The third kappa shape index (κ3) is 6.53. The summed E-state index contributed by atoms with van der Waals surface area (Å²) >= 11 is 0. The molecule has 272 valence electrons. The van der Waals surface area contributed by atoms with Crippen molar-refractivity contribution in [3.8, 4) is 11.5 Å². The first kappa shape index (κ1) is 34.2. The molecule has 1 atom stereocenters. The van der Waals surface area contributed by atoms with Gasteiger partial charge < -0.3 is 15.0 Å².